The van der Waals surface area contributed by atoms with Gasteiger partial charge in [-0.1, -0.05) is 54.7 Å². The molecule has 2 atom stereocenters. The summed E-state index contributed by atoms with van der Waals surface area (Å²) in [6.45, 7) is 0. The fraction of sp³-hybridized carbons (Fsp3) is 0.125. The zero-order valence-corrected chi connectivity index (χ0v) is 9.58. The van der Waals surface area contributed by atoms with Crippen LogP contribution in [-0.4, -0.2) is 0 Å². The predicted molar refractivity (Wildman–Crippen MR) is 72.5 cm³/mol. The van der Waals surface area contributed by atoms with Gasteiger partial charge in [-0.15, -0.1) is 0 Å². The van der Waals surface area contributed by atoms with Crippen LogP contribution in [0.25, 0.3) is 0 Å². The number of hydrogen-bond donors (Lipinski definition) is 1. The van der Waals surface area contributed by atoms with Gasteiger partial charge in [0, 0.05) is 23.2 Å². The molecule has 0 bridgehead atoms. The second-order valence-corrected chi connectivity index (χ2v) is 4.37. The van der Waals surface area contributed by atoms with Crippen LogP contribution < -0.4 is 5.32 Å². The average molecular weight is 221 g/mol. The number of fused-ring (bicyclic) bond motifs is 1. The Morgan fingerprint density at radius 1 is 0.824 bits per heavy atom. The lowest BCUT2D eigenvalue weighted by Crippen LogP contribution is -2.20. The minimum absolute atomic E-state index is 0.449. The molecule has 0 spiro atoms. The number of nitrogens with one attached hydrogen (secondary N) is 1. The zero-order valence-electron chi connectivity index (χ0n) is 9.58. The van der Waals surface area contributed by atoms with Gasteiger partial charge in [0.05, 0.1) is 0 Å². The fourth-order valence-corrected chi connectivity index (χ4v) is 2.33. The lowest BCUT2D eigenvalue weighted by molar-refractivity contribution is 0.627. The molecule has 0 amide bonds. The molecule has 17 heavy (non-hydrogen) atoms. The van der Waals surface area contributed by atoms with Crippen molar-refractivity contribution in [3.8, 4) is 0 Å². The van der Waals surface area contributed by atoms with Gasteiger partial charge in [0.1, 0.15) is 0 Å². The van der Waals surface area contributed by atoms with Crippen molar-refractivity contribution in [2.45, 2.75) is 0 Å². The Morgan fingerprint density at radius 2 is 1.59 bits per heavy atom. The number of para-hydroxylation sites is 1. The van der Waals surface area contributed by atoms with Crippen molar-refractivity contribution < 1.29 is 0 Å². The SMILES string of the molecule is C1=CC2C=CC=C(Nc3ccccc3)C2C=C1. The first kappa shape index (κ1) is 10.2. The Morgan fingerprint density at radius 3 is 2.47 bits per heavy atom. The second kappa shape index (κ2) is 4.46. The van der Waals surface area contributed by atoms with Gasteiger partial charge in [0.25, 0.3) is 0 Å². The molecule has 1 N–H and O–H groups in total. The van der Waals surface area contributed by atoms with Gasteiger partial charge >= 0.3 is 0 Å². The first-order valence-corrected chi connectivity index (χ1v) is 5.99. The van der Waals surface area contributed by atoms with E-state index >= 15 is 0 Å². The minimum Gasteiger partial charge on any atom is -0.358 e. The molecule has 2 unspecified atom stereocenters. The Bertz CT molecular complexity index is 506. The molecule has 1 aromatic rings. The highest BCUT2D eigenvalue weighted by molar-refractivity contribution is 5.51. The first-order valence-electron chi connectivity index (χ1n) is 5.99. The third-order valence-electron chi connectivity index (χ3n) is 3.21. The monoisotopic (exact) mass is 221 g/mol. The van der Waals surface area contributed by atoms with Crippen LogP contribution in [0, 0.1) is 11.8 Å². The molecule has 0 saturated heterocycles. The van der Waals surface area contributed by atoms with Crippen molar-refractivity contribution in [1.29, 1.82) is 0 Å². The van der Waals surface area contributed by atoms with Crippen LogP contribution in [0.15, 0.2) is 78.6 Å². The van der Waals surface area contributed by atoms with E-state index in [1.807, 2.05) is 6.07 Å². The van der Waals surface area contributed by atoms with Crippen LogP contribution in [0.2, 0.25) is 0 Å². The van der Waals surface area contributed by atoms with Gasteiger partial charge < -0.3 is 5.32 Å². The molecule has 0 radical (unpaired) electrons. The Labute approximate surface area is 102 Å². The van der Waals surface area contributed by atoms with E-state index in [2.05, 4.69) is 72.1 Å². The topological polar surface area (TPSA) is 12.0 Å². The third-order valence-corrected chi connectivity index (χ3v) is 3.21. The van der Waals surface area contributed by atoms with Gasteiger partial charge in [-0.3, -0.25) is 0 Å². The van der Waals surface area contributed by atoms with Crippen LogP contribution in [-0.2, 0) is 0 Å². The number of allylic oxidation sites excluding steroid dienone is 7. The molecule has 2 aliphatic carbocycles. The summed E-state index contributed by atoms with van der Waals surface area (Å²) in [6.07, 6.45) is 15.3. The lowest BCUT2D eigenvalue weighted by Gasteiger charge is -2.27. The summed E-state index contributed by atoms with van der Waals surface area (Å²) in [6, 6.07) is 10.3. The van der Waals surface area contributed by atoms with E-state index in [1.165, 1.54) is 5.70 Å². The molecular weight excluding hydrogens is 206 g/mol. The molecule has 3 rings (SSSR count). The van der Waals surface area contributed by atoms with Gasteiger partial charge in [-0.25, -0.2) is 0 Å². The molecule has 2 aliphatic rings. The van der Waals surface area contributed by atoms with Crippen molar-refractivity contribution in [2.24, 2.45) is 11.8 Å². The summed E-state index contributed by atoms with van der Waals surface area (Å²) in [4.78, 5) is 0. The summed E-state index contributed by atoms with van der Waals surface area (Å²) >= 11 is 0. The van der Waals surface area contributed by atoms with Gasteiger partial charge in [-0.05, 0) is 18.2 Å². The summed E-state index contributed by atoms with van der Waals surface area (Å²) in [5.74, 6) is 0.946. The third kappa shape index (κ3) is 2.09. The molecule has 1 nitrogen and oxygen atoms in total. The minimum atomic E-state index is 0.449. The standard InChI is InChI=1S/C16H15N/c1-2-9-14(10-3-1)17-16-12-6-8-13-7-4-5-11-15(13)16/h1-13,15,17H. The molecule has 84 valence electrons. The average Bonchev–Trinajstić information content (AvgIpc) is 2.40. The van der Waals surface area contributed by atoms with E-state index < -0.39 is 0 Å². The maximum absolute atomic E-state index is 3.50. The van der Waals surface area contributed by atoms with Crippen LogP contribution in [0.5, 0.6) is 0 Å². The van der Waals surface area contributed by atoms with Crippen LogP contribution in [0.4, 0.5) is 5.69 Å². The molecule has 0 fully saturated rings. The van der Waals surface area contributed by atoms with Crippen LogP contribution in [0.3, 0.4) is 0 Å². The summed E-state index contributed by atoms with van der Waals surface area (Å²) in [5.41, 5.74) is 2.42. The van der Waals surface area contributed by atoms with E-state index in [-0.39, 0.29) is 0 Å². The maximum atomic E-state index is 3.50. The van der Waals surface area contributed by atoms with Crippen molar-refractivity contribution in [3.63, 3.8) is 0 Å². The van der Waals surface area contributed by atoms with Gasteiger partial charge in [0.15, 0.2) is 0 Å². The lowest BCUT2D eigenvalue weighted by atomic mass is 9.82. The summed E-state index contributed by atoms with van der Waals surface area (Å²) in [7, 11) is 0. The van der Waals surface area contributed by atoms with Gasteiger partial charge in [-0.2, -0.15) is 0 Å². The Balaban J connectivity index is 1.83. The molecule has 0 heterocycles. The quantitative estimate of drug-likeness (QED) is 0.798. The highest BCUT2D eigenvalue weighted by atomic mass is 14.9. The predicted octanol–water partition coefficient (Wildman–Crippen LogP) is 3.91. The molecule has 0 saturated carbocycles. The van der Waals surface area contributed by atoms with E-state index in [1.54, 1.807) is 0 Å². The van der Waals surface area contributed by atoms with Crippen molar-refractivity contribution in [1.82, 2.24) is 0 Å². The summed E-state index contributed by atoms with van der Waals surface area (Å²) < 4.78 is 0. The van der Waals surface area contributed by atoms with E-state index in [0.29, 0.717) is 11.8 Å². The molecule has 1 aromatic carbocycles. The van der Waals surface area contributed by atoms with Crippen LogP contribution >= 0.6 is 0 Å². The largest absolute Gasteiger partial charge is 0.358 e. The van der Waals surface area contributed by atoms with Gasteiger partial charge in [0.2, 0.25) is 0 Å². The summed E-state index contributed by atoms with van der Waals surface area (Å²) in [5, 5.41) is 3.50. The van der Waals surface area contributed by atoms with Crippen molar-refractivity contribution in [3.05, 3.63) is 78.6 Å². The molecule has 0 aliphatic heterocycles. The molecule has 1 heteroatoms. The second-order valence-electron chi connectivity index (χ2n) is 4.37. The van der Waals surface area contributed by atoms with Crippen molar-refractivity contribution in [2.75, 3.05) is 5.32 Å². The number of benzene rings is 1. The zero-order chi connectivity index (χ0) is 11.5. The number of hydrogen-bond acceptors (Lipinski definition) is 1. The van der Waals surface area contributed by atoms with E-state index in [9.17, 15) is 0 Å². The Kier molecular flexibility index (Phi) is 2.66. The molecular formula is C16H15N. The highest BCUT2D eigenvalue weighted by Crippen LogP contribution is 2.31. The van der Waals surface area contributed by atoms with E-state index in [4.69, 9.17) is 0 Å². The molecule has 0 aromatic heterocycles. The fourth-order valence-electron chi connectivity index (χ4n) is 2.33. The first-order chi connectivity index (χ1) is 8.43. The number of anilines is 1. The van der Waals surface area contributed by atoms with Crippen LogP contribution in [0.1, 0.15) is 0 Å². The smallest absolute Gasteiger partial charge is 0.0381 e. The number of rotatable bonds is 2. The van der Waals surface area contributed by atoms with Crippen molar-refractivity contribution >= 4 is 5.69 Å². The normalized spacial score (nSPS) is 25.3. The highest BCUT2D eigenvalue weighted by Gasteiger charge is 2.22. The Hall–Kier alpha value is -2.02. The maximum Gasteiger partial charge on any atom is 0.0381 e. The van der Waals surface area contributed by atoms with E-state index in [0.717, 1.165) is 5.69 Å².